The maximum Gasteiger partial charge on any atom is 0.325 e. The van der Waals surface area contributed by atoms with Gasteiger partial charge in [0.15, 0.2) is 0 Å². The molecule has 4 nitrogen and oxygen atoms in total. The number of imidazole rings is 1. The first kappa shape index (κ1) is 12.6. The van der Waals surface area contributed by atoms with Crippen molar-refractivity contribution in [1.29, 1.82) is 0 Å². The van der Waals surface area contributed by atoms with Crippen LogP contribution in [0.5, 0.6) is 0 Å². The Morgan fingerprint density at radius 1 is 1.44 bits per heavy atom. The van der Waals surface area contributed by atoms with Crippen LogP contribution in [0.2, 0.25) is 5.02 Å². The highest BCUT2D eigenvalue weighted by molar-refractivity contribution is 6.31. The standard InChI is InChI=1S/C13H13ClN2O2/c1-18-13(17)9-16-7-6-15-12(16)8-10-4-2-3-5-11(10)14/h2-7H,8-9H2,1H3. The summed E-state index contributed by atoms with van der Waals surface area (Å²) < 4.78 is 6.40. The molecular weight excluding hydrogens is 252 g/mol. The molecule has 94 valence electrons. The Hall–Kier alpha value is -1.81. The van der Waals surface area contributed by atoms with Gasteiger partial charge in [-0.15, -0.1) is 0 Å². The Labute approximate surface area is 110 Å². The fourth-order valence-corrected chi connectivity index (χ4v) is 1.87. The molecule has 0 aliphatic rings. The molecule has 0 aliphatic carbocycles. The minimum atomic E-state index is -0.298. The first-order chi connectivity index (χ1) is 8.70. The smallest absolute Gasteiger partial charge is 0.325 e. The quantitative estimate of drug-likeness (QED) is 0.796. The molecule has 0 spiro atoms. The summed E-state index contributed by atoms with van der Waals surface area (Å²) in [6.45, 7) is 0.163. The maximum absolute atomic E-state index is 11.3. The van der Waals surface area contributed by atoms with Gasteiger partial charge in [0.1, 0.15) is 12.4 Å². The monoisotopic (exact) mass is 264 g/mol. The number of aromatic nitrogens is 2. The molecule has 1 aromatic carbocycles. The van der Waals surface area contributed by atoms with Gasteiger partial charge in [-0.1, -0.05) is 29.8 Å². The molecule has 18 heavy (non-hydrogen) atoms. The molecule has 0 radical (unpaired) electrons. The zero-order valence-corrected chi connectivity index (χ0v) is 10.7. The van der Waals surface area contributed by atoms with Gasteiger partial charge in [-0.05, 0) is 11.6 Å². The molecule has 2 aromatic rings. The van der Waals surface area contributed by atoms with Gasteiger partial charge >= 0.3 is 5.97 Å². The van der Waals surface area contributed by atoms with Crippen molar-refractivity contribution >= 4 is 17.6 Å². The van der Waals surface area contributed by atoms with Crippen LogP contribution >= 0.6 is 11.6 Å². The number of halogens is 1. The van der Waals surface area contributed by atoms with E-state index in [4.69, 9.17) is 11.6 Å². The van der Waals surface area contributed by atoms with Crippen LogP contribution in [-0.2, 0) is 22.5 Å². The van der Waals surface area contributed by atoms with Gasteiger partial charge in [-0.25, -0.2) is 4.98 Å². The van der Waals surface area contributed by atoms with E-state index in [1.54, 1.807) is 17.0 Å². The van der Waals surface area contributed by atoms with Crippen LogP contribution in [0.25, 0.3) is 0 Å². The third-order valence-electron chi connectivity index (χ3n) is 2.64. The number of methoxy groups -OCH3 is 1. The Kier molecular flexibility index (Phi) is 3.99. The zero-order chi connectivity index (χ0) is 13.0. The minimum absolute atomic E-state index is 0.163. The molecule has 0 bridgehead atoms. The first-order valence-corrected chi connectivity index (χ1v) is 5.88. The Balaban J connectivity index is 2.18. The molecule has 0 aliphatic heterocycles. The van der Waals surface area contributed by atoms with E-state index in [1.807, 2.05) is 24.3 Å². The number of ether oxygens (including phenoxy) is 1. The third kappa shape index (κ3) is 2.90. The average Bonchev–Trinajstić information content (AvgIpc) is 2.79. The second-order valence-corrected chi connectivity index (χ2v) is 4.22. The highest BCUT2D eigenvalue weighted by atomic mass is 35.5. The fourth-order valence-electron chi connectivity index (χ4n) is 1.67. The number of benzene rings is 1. The molecule has 0 saturated carbocycles. The lowest BCUT2D eigenvalue weighted by Gasteiger charge is -2.07. The van der Waals surface area contributed by atoms with Crippen molar-refractivity contribution in [3.63, 3.8) is 0 Å². The normalized spacial score (nSPS) is 10.3. The molecule has 5 heteroatoms. The Morgan fingerprint density at radius 2 is 2.22 bits per heavy atom. The van der Waals surface area contributed by atoms with Crippen LogP contribution in [0.15, 0.2) is 36.7 Å². The fraction of sp³-hybridized carbons (Fsp3) is 0.231. The van der Waals surface area contributed by atoms with Gasteiger partial charge in [0.2, 0.25) is 0 Å². The average molecular weight is 265 g/mol. The SMILES string of the molecule is COC(=O)Cn1ccnc1Cc1ccccc1Cl. The molecule has 0 fully saturated rings. The van der Waals surface area contributed by atoms with Crippen molar-refractivity contribution in [2.75, 3.05) is 7.11 Å². The predicted molar refractivity (Wildman–Crippen MR) is 68.5 cm³/mol. The van der Waals surface area contributed by atoms with Crippen LogP contribution in [0.3, 0.4) is 0 Å². The van der Waals surface area contributed by atoms with Gasteiger partial charge in [0.25, 0.3) is 0 Å². The van der Waals surface area contributed by atoms with Crippen LogP contribution < -0.4 is 0 Å². The van der Waals surface area contributed by atoms with Gasteiger partial charge in [0, 0.05) is 23.8 Å². The van der Waals surface area contributed by atoms with E-state index >= 15 is 0 Å². The van der Waals surface area contributed by atoms with Gasteiger partial charge in [0.05, 0.1) is 7.11 Å². The number of carbonyl (C=O) groups excluding carboxylic acids is 1. The molecule has 0 N–H and O–H groups in total. The van der Waals surface area contributed by atoms with Crippen molar-refractivity contribution in [3.05, 3.63) is 53.1 Å². The molecule has 0 unspecified atom stereocenters. The van der Waals surface area contributed by atoms with Crippen molar-refractivity contribution in [2.45, 2.75) is 13.0 Å². The topological polar surface area (TPSA) is 44.1 Å². The number of hydrogen-bond acceptors (Lipinski definition) is 3. The van der Waals surface area contributed by atoms with E-state index in [1.165, 1.54) is 7.11 Å². The van der Waals surface area contributed by atoms with Crippen molar-refractivity contribution < 1.29 is 9.53 Å². The minimum Gasteiger partial charge on any atom is -0.468 e. The molecule has 0 amide bonds. The number of hydrogen-bond donors (Lipinski definition) is 0. The number of carbonyl (C=O) groups is 1. The van der Waals surface area contributed by atoms with Crippen molar-refractivity contribution in [3.8, 4) is 0 Å². The Bertz CT molecular complexity index is 551. The highest BCUT2D eigenvalue weighted by Gasteiger charge is 2.09. The summed E-state index contributed by atoms with van der Waals surface area (Å²) in [6, 6.07) is 7.59. The van der Waals surface area contributed by atoms with Gasteiger partial charge in [-0.3, -0.25) is 4.79 Å². The Morgan fingerprint density at radius 3 is 2.94 bits per heavy atom. The van der Waals surface area contributed by atoms with Crippen LogP contribution in [0.1, 0.15) is 11.4 Å². The van der Waals surface area contributed by atoms with E-state index in [2.05, 4.69) is 9.72 Å². The lowest BCUT2D eigenvalue weighted by molar-refractivity contribution is -0.141. The second-order valence-electron chi connectivity index (χ2n) is 3.82. The number of esters is 1. The van der Waals surface area contributed by atoms with Crippen LogP contribution in [-0.4, -0.2) is 22.6 Å². The largest absolute Gasteiger partial charge is 0.468 e. The van der Waals surface area contributed by atoms with E-state index < -0.39 is 0 Å². The van der Waals surface area contributed by atoms with Crippen molar-refractivity contribution in [2.24, 2.45) is 0 Å². The molecular formula is C13H13ClN2O2. The summed E-state index contributed by atoms with van der Waals surface area (Å²) in [7, 11) is 1.37. The number of rotatable bonds is 4. The van der Waals surface area contributed by atoms with Gasteiger partial charge < -0.3 is 9.30 Å². The summed E-state index contributed by atoms with van der Waals surface area (Å²) in [5, 5.41) is 0.699. The third-order valence-corrected chi connectivity index (χ3v) is 3.00. The van der Waals surface area contributed by atoms with E-state index in [-0.39, 0.29) is 12.5 Å². The lowest BCUT2D eigenvalue weighted by atomic mass is 10.1. The highest BCUT2D eigenvalue weighted by Crippen LogP contribution is 2.18. The molecule has 0 atom stereocenters. The van der Waals surface area contributed by atoms with Gasteiger partial charge in [-0.2, -0.15) is 0 Å². The summed E-state index contributed by atoms with van der Waals surface area (Å²) in [6.07, 6.45) is 4.00. The summed E-state index contributed by atoms with van der Waals surface area (Å²) in [5.41, 5.74) is 0.983. The van der Waals surface area contributed by atoms with Crippen LogP contribution in [0.4, 0.5) is 0 Å². The van der Waals surface area contributed by atoms with E-state index in [0.717, 1.165) is 11.4 Å². The zero-order valence-electron chi connectivity index (χ0n) is 9.97. The molecule has 1 aromatic heterocycles. The summed E-state index contributed by atoms with van der Waals surface area (Å²) in [5.74, 6) is 0.488. The van der Waals surface area contributed by atoms with E-state index in [9.17, 15) is 4.79 Å². The second kappa shape index (κ2) is 5.69. The lowest BCUT2D eigenvalue weighted by Crippen LogP contribution is -2.13. The van der Waals surface area contributed by atoms with Crippen molar-refractivity contribution in [1.82, 2.24) is 9.55 Å². The van der Waals surface area contributed by atoms with E-state index in [0.29, 0.717) is 11.4 Å². The first-order valence-electron chi connectivity index (χ1n) is 5.51. The summed E-state index contributed by atoms with van der Waals surface area (Å²) >= 11 is 6.10. The van der Waals surface area contributed by atoms with Crippen LogP contribution in [0, 0.1) is 0 Å². The molecule has 1 heterocycles. The molecule has 2 rings (SSSR count). The number of nitrogens with zero attached hydrogens (tertiary/aromatic N) is 2. The molecule has 0 saturated heterocycles. The summed E-state index contributed by atoms with van der Waals surface area (Å²) in [4.78, 5) is 15.5. The maximum atomic E-state index is 11.3. The predicted octanol–water partition coefficient (Wildman–Crippen LogP) is 2.30.